The van der Waals surface area contributed by atoms with E-state index >= 15 is 0 Å². The van der Waals surface area contributed by atoms with Crippen molar-refractivity contribution in [2.45, 2.75) is 25.8 Å². The van der Waals surface area contributed by atoms with Crippen molar-refractivity contribution in [2.75, 3.05) is 32.8 Å². The molecule has 0 radical (unpaired) electrons. The zero-order valence-electron chi connectivity index (χ0n) is 22.2. The fourth-order valence-electron chi connectivity index (χ4n) is 4.13. The van der Waals surface area contributed by atoms with Crippen LogP contribution >= 0.6 is 7.92 Å². The molecule has 1 atom stereocenters. The molecule has 11 heteroatoms. The molecule has 0 saturated carbocycles. The number of piperazine rings is 1. The molecule has 1 aliphatic rings. The van der Waals surface area contributed by atoms with Crippen molar-refractivity contribution in [1.29, 1.82) is 0 Å². The Bertz CT molecular complexity index is 1380. The molecule has 0 spiro atoms. The third-order valence-corrected chi connectivity index (χ3v) is 6.70. The molecule has 1 aromatic heterocycles. The van der Waals surface area contributed by atoms with Gasteiger partial charge >= 0.3 is 227 Å². The van der Waals surface area contributed by atoms with Gasteiger partial charge in [0.15, 0.2) is 0 Å². The maximum absolute atomic E-state index is 13.4. The van der Waals surface area contributed by atoms with E-state index in [1.54, 1.807) is 11.0 Å². The number of carbonyl (C=O) groups is 3. The Balaban J connectivity index is 1.50. The van der Waals surface area contributed by atoms with E-state index in [-0.39, 0.29) is 18.8 Å². The molecule has 0 bridgehead atoms. The van der Waals surface area contributed by atoms with Crippen LogP contribution in [0.2, 0.25) is 0 Å². The second-order valence-electron chi connectivity index (χ2n) is 9.10. The van der Waals surface area contributed by atoms with Crippen molar-refractivity contribution < 1.29 is 23.7 Å². The first-order valence-corrected chi connectivity index (χ1v) is 13.9. The number of rotatable bonds is 8. The molecule has 10 nitrogen and oxygen atoms in total. The van der Waals surface area contributed by atoms with Crippen LogP contribution in [0.15, 0.2) is 66.7 Å². The maximum atomic E-state index is 13.4. The zero-order chi connectivity index (χ0) is 28.3. The number of nitrogens with zero attached hydrogens (tertiary/aromatic N) is 4. The van der Waals surface area contributed by atoms with E-state index in [4.69, 9.17) is 4.74 Å². The Morgan fingerprint density at radius 3 is 2.20 bits per heavy atom. The van der Waals surface area contributed by atoms with Crippen LogP contribution in [-0.2, 0) is 14.1 Å². The van der Waals surface area contributed by atoms with E-state index in [9.17, 15) is 18.9 Å². The van der Waals surface area contributed by atoms with Gasteiger partial charge in [0.25, 0.3) is 0 Å². The summed E-state index contributed by atoms with van der Waals surface area (Å²) < 4.78 is 16.7. The normalized spacial score (nSPS) is 13.6. The average molecular weight is 560 g/mol. The van der Waals surface area contributed by atoms with Gasteiger partial charge < -0.3 is 0 Å². The summed E-state index contributed by atoms with van der Waals surface area (Å²) in [5, 5.41) is 2.61. The predicted octanol–water partition coefficient (Wildman–Crippen LogP) is 4.24. The second kappa shape index (κ2) is 14.2. The van der Waals surface area contributed by atoms with E-state index < -0.39 is 31.9 Å². The first-order chi connectivity index (χ1) is 19.5. The van der Waals surface area contributed by atoms with Gasteiger partial charge in [0.1, 0.15) is 0 Å². The molecule has 0 aliphatic carbocycles. The zero-order valence-corrected chi connectivity index (χ0v) is 23.0. The summed E-state index contributed by atoms with van der Waals surface area (Å²) in [5.74, 6) is -0.757. The molecular formula is C29H30N5O5P. The Morgan fingerprint density at radius 2 is 1.57 bits per heavy atom. The van der Waals surface area contributed by atoms with Gasteiger partial charge in [-0.1, -0.05) is 6.92 Å². The van der Waals surface area contributed by atoms with Crippen molar-refractivity contribution >= 4 is 25.8 Å². The van der Waals surface area contributed by atoms with Gasteiger partial charge in [-0.05, 0) is 0 Å². The van der Waals surface area contributed by atoms with Crippen LogP contribution < -0.4 is 5.32 Å². The third-order valence-electron chi connectivity index (χ3n) is 6.34. The molecule has 3 aromatic rings. The molecule has 0 unspecified atom stereocenters. The van der Waals surface area contributed by atoms with Crippen molar-refractivity contribution in [3.05, 3.63) is 72.4 Å². The number of amides is 3. The number of ether oxygens (including phenoxy) is 1. The van der Waals surface area contributed by atoms with Crippen LogP contribution in [0.3, 0.4) is 0 Å². The van der Waals surface area contributed by atoms with Crippen LogP contribution in [0.1, 0.15) is 30.3 Å². The molecule has 1 aliphatic heterocycles. The quantitative estimate of drug-likeness (QED) is 0.324. The SMILES string of the molecule is CCCCOC(=O)N1CCN(C(=O)[C@H](C#P=O)NC(=O)c2cc(-c3ccccc3)nc(-c3ccccc3)n2)CC1. The monoisotopic (exact) mass is 559 g/mol. The van der Waals surface area contributed by atoms with Crippen molar-refractivity contribution in [3.8, 4) is 28.3 Å². The number of aromatic nitrogens is 2. The molecule has 40 heavy (non-hydrogen) atoms. The standard InChI is InChI=1S/C29H30N5O5P/c1-2-3-18-39-29(37)34-16-14-33(15-17-34)28(36)25(20-40-38)32-27(35)24-19-23(21-10-6-4-7-11-21)30-26(31-24)22-12-8-5-9-13-22/h4-13,19,25H,2-3,14-18H2,1H3,(H,32,35)/t25-/m0/s1. The number of carbonyl (C=O) groups excluding carboxylic acids is 3. The minimum atomic E-state index is -1.27. The van der Waals surface area contributed by atoms with Gasteiger partial charge in [-0.3, -0.25) is 0 Å². The van der Waals surface area contributed by atoms with Crippen LogP contribution in [-0.4, -0.2) is 76.5 Å². The van der Waals surface area contributed by atoms with Gasteiger partial charge in [-0.25, -0.2) is 0 Å². The van der Waals surface area contributed by atoms with Crippen molar-refractivity contribution in [1.82, 2.24) is 25.1 Å². The Hall–Kier alpha value is -4.26. The van der Waals surface area contributed by atoms with E-state index in [2.05, 4.69) is 20.9 Å². The molecule has 1 saturated heterocycles. The Kier molecular flexibility index (Phi) is 10.2. The predicted molar refractivity (Wildman–Crippen MR) is 150 cm³/mol. The van der Waals surface area contributed by atoms with Gasteiger partial charge in [0.2, 0.25) is 0 Å². The number of unbranched alkanes of at least 4 members (excludes halogenated alkanes) is 1. The number of hydrogen-bond acceptors (Lipinski definition) is 7. The molecule has 2 heterocycles. The third kappa shape index (κ3) is 7.44. The first kappa shape index (κ1) is 28.7. The summed E-state index contributed by atoms with van der Waals surface area (Å²) in [7, 11) is -0.530. The summed E-state index contributed by atoms with van der Waals surface area (Å²) >= 11 is 0. The van der Waals surface area contributed by atoms with Gasteiger partial charge in [0.05, 0.1) is 0 Å². The number of hydrogen-bond donors (Lipinski definition) is 1. The Morgan fingerprint density at radius 1 is 0.950 bits per heavy atom. The second-order valence-corrected chi connectivity index (χ2v) is 9.54. The summed E-state index contributed by atoms with van der Waals surface area (Å²) in [6, 6.07) is 18.9. The molecule has 206 valence electrons. The fourth-order valence-corrected chi connectivity index (χ4v) is 4.41. The van der Waals surface area contributed by atoms with Gasteiger partial charge in [-0.2, -0.15) is 0 Å². The molecule has 4 rings (SSSR count). The van der Waals surface area contributed by atoms with Crippen molar-refractivity contribution in [2.24, 2.45) is 0 Å². The average Bonchev–Trinajstić information content (AvgIpc) is 3.01. The summed E-state index contributed by atoms with van der Waals surface area (Å²) in [4.78, 5) is 51.0. The van der Waals surface area contributed by atoms with Crippen LogP contribution in [0.4, 0.5) is 4.79 Å². The van der Waals surface area contributed by atoms with E-state index in [1.807, 2.05) is 67.6 Å². The van der Waals surface area contributed by atoms with E-state index in [0.29, 0.717) is 31.2 Å². The summed E-state index contributed by atoms with van der Waals surface area (Å²) in [6.45, 7) is 3.44. The van der Waals surface area contributed by atoms with Gasteiger partial charge in [-0.15, -0.1) is 0 Å². The number of benzene rings is 2. The van der Waals surface area contributed by atoms with Gasteiger partial charge in [0, 0.05) is 0 Å². The fraction of sp³-hybridized carbons (Fsp3) is 0.310. The Labute approximate surface area is 233 Å². The molecule has 2 aromatic carbocycles. The van der Waals surface area contributed by atoms with Crippen LogP contribution in [0, 0.1) is 5.63 Å². The first-order valence-electron chi connectivity index (χ1n) is 13.1. The molecule has 1 N–H and O–H groups in total. The topological polar surface area (TPSA) is 122 Å². The molecule has 3 amide bonds. The van der Waals surface area contributed by atoms with E-state index in [1.165, 1.54) is 4.90 Å². The minimum absolute atomic E-state index is 0.0505. The number of nitrogens with one attached hydrogen (secondary N) is 1. The molecule has 1 fully saturated rings. The molecular weight excluding hydrogens is 529 g/mol. The van der Waals surface area contributed by atoms with Crippen LogP contribution in [0.25, 0.3) is 22.6 Å². The van der Waals surface area contributed by atoms with Crippen LogP contribution in [0.5, 0.6) is 0 Å². The van der Waals surface area contributed by atoms with Crippen molar-refractivity contribution in [3.63, 3.8) is 0 Å². The summed E-state index contributed by atoms with van der Waals surface area (Å²) in [5.41, 5.74) is 4.60. The van der Waals surface area contributed by atoms with E-state index in [0.717, 1.165) is 24.0 Å². The summed E-state index contributed by atoms with van der Waals surface area (Å²) in [6.07, 6.45) is 1.30.